The SMILES string of the molecule is Cc1c(Cl)ccc(C=NNc2ccccc2)c1O. The topological polar surface area (TPSA) is 44.6 Å². The quantitative estimate of drug-likeness (QED) is 0.651. The number of phenolic OH excluding ortho intramolecular Hbond substituents is 1. The van der Waals surface area contributed by atoms with Crippen molar-refractivity contribution < 1.29 is 5.11 Å². The molecule has 0 aliphatic heterocycles. The van der Waals surface area contributed by atoms with Gasteiger partial charge in [-0.2, -0.15) is 5.10 Å². The molecule has 0 aliphatic carbocycles. The van der Waals surface area contributed by atoms with Crippen LogP contribution in [0.3, 0.4) is 0 Å². The number of nitrogens with zero attached hydrogens (tertiary/aromatic N) is 1. The van der Waals surface area contributed by atoms with Crippen molar-refractivity contribution >= 4 is 23.5 Å². The lowest BCUT2D eigenvalue weighted by molar-refractivity contribution is 0.470. The second-order valence-corrected chi connectivity index (χ2v) is 4.25. The third kappa shape index (κ3) is 2.81. The first kappa shape index (κ1) is 12.5. The van der Waals surface area contributed by atoms with E-state index in [4.69, 9.17) is 11.6 Å². The minimum Gasteiger partial charge on any atom is -0.507 e. The second kappa shape index (κ2) is 5.56. The zero-order valence-electron chi connectivity index (χ0n) is 9.89. The van der Waals surface area contributed by atoms with E-state index in [1.54, 1.807) is 25.3 Å². The van der Waals surface area contributed by atoms with Gasteiger partial charge in [0.2, 0.25) is 0 Å². The average Bonchev–Trinajstić information content (AvgIpc) is 2.40. The lowest BCUT2D eigenvalue weighted by Gasteiger charge is -2.04. The minimum absolute atomic E-state index is 0.154. The van der Waals surface area contributed by atoms with Gasteiger partial charge in [0.25, 0.3) is 0 Å². The third-order valence-electron chi connectivity index (χ3n) is 2.57. The van der Waals surface area contributed by atoms with Crippen molar-refractivity contribution in [2.45, 2.75) is 6.92 Å². The van der Waals surface area contributed by atoms with Crippen molar-refractivity contribution in [2.24, 2.45) is 5.10 Å². The van der Waals surface area contributed by atoms with Crippen LogP contribution in [0.2, 0.25) is 5.02 Å². The Morgan fingerprint density at radius 1 is 1.17 bits per heavy atom. The van der Waals surface area contributed by atoms with Gasteiger partial charge in [-0.25, -0.2) is 0 Å². The fraction of sp³-hybridized carbons (Fsp3) is 0.0714. The number of benzene rings is 2. The molecule has 0 unspecified atom stereocenters. The fourth-order valence-corrected chi connectivity index (χ4v) is 1.64. The summed E-state index contributed by atoms with van der Waals surface area (Å²) in [5, 5.41) is 14.5. The molecule has 3 nitrogen and oxygen atoms in total. The fourth-order valence-electron chi connectivity index (χ4n) is 1.49. The molecule has 0 amide bonds. The summed E-state index contributed by atoms with van der Waals surface area (Å²) in [5.74, 6) is 0.154. The van der Waals surface area contributed by atoms with Crippen molar-refractivity contribution in [1.29, 1.82) is 0 Å². The van der Waals surface area contributed by atoms with Crippen LogP contribution >= 0.6 is 11.6 Å². The number of anilines is 1. The van der Waals surface area contributed by atoms with Crippen molar-refractivity contribution in [3.63, 3.8) is 0 Å². The van der Waals surface area contributed by atoms with E-state index in [0.717, 1.165) is 5.69 Å². The Bertz CT molecular complexity index is 568. The monoisotopic (exact) mass is 260 g/mol. The molecule has 0 spiro atoms. The summed E-state index contributed by atoms with van der Waals surface area (Å²) in [5.41, 5.74) is 5.05. The molecule has 0 aliphatic rings. The predicted molar refractivity (Wildman–Crippen MR) is 75.5 cm³/mol. The van der Waals surface area contributed by atoms with Gasteiger partial charge in [-0.3, -0.25) is 5.43 Å². The van der Waals surface area contributed by atoms with E-state index in [2.05, 4.69) is 10.5 Å². The van der Waals surface area contributed by atoms with Crippen molar-refractivity contribution in [1.82, 2.24) is 0 Å². The second-order valence-electron chi connectivity index (χ2n) is 3.85. The molecule has 2 aromatic rings. The summed E-state index contributed by atoms with van der Waals surface area (Å²) in [6, 6.07) is 13.0. The molecule has 0 radical (unpaired) electrons. The zero-order chi connectivity index (χ0) is 13.0. The minimum atomic E-state index is 0.154. The number of rotatable bonds is 3. The number of hydrogen-bond donors (Lipinski definition) is 2. The van der Waals surface area contributed by atoms with Gasteiger partial charge in [-0.15, -0.1) is 0 Å². The van der Waals surface area contributed by atoms with Gasteiger partial charge < -0.3 is 5.11 Å². The first-order valence-corrected chi connectivity index (χ1v) is 5.88. The van der Waals surface area contributed by atoms with Crippen molar-refractivity contribution in [3.05, 3.63) is 58.6 Å². The van der Waals surface area contributed by atoms with Crippen LogP contribution in [0.25, 0.3) is 0 Å². The molecule has 0 heterocycles. The summed E-state index contributed by atoms with van der Waals surface area (Å²) in [6.07, 6.45) is 1.56. The zero-order valence-corrected chi connectivity index (χ0v) is 10.6. The highest BCUT2D eigenvalue weighted by Gasteiger charge is 2.05. The normalized spacial score (nSPS) is 10.8. The highest BCUT2D eigenvalue weighted by Crippen LogP contribution is 2.27. The Labute approximate surface area is 111 Å². The first-order valence-electron chi connectivity index (χ1n) is 5.50. The number of hydrogen-bond acceptors (Lipinski definition) is 3. The highest BCUT2D eigenvalue weighted by molar-refractivity contribution is 6.31. The molecule has 0 atom stereocenters. The number of aromatic hydroxyl groups is 1. The molecule has 2 aromatic carbocycles. The summed E-state index contributed by atoms with van der Waals surface area (Å²) >= 11 is 5.90. The van der Waals surface area contributed by atoms with E-state index in [0.29, 0.717) is 16.1 Å². The molecule has 0 saturated heterocycles. The Hall–Kier alpha value is -2.00. The Balaban J connectivity index is 2.13. The van der Waals surface area contributed by atoms with Crippen LogP contribution < -0.4 is 5.43 Å². The number of phenols is 1. The van der Waals surface area contributed by atoms with Gasteiger partial charge >= 0.3 is 0 Å². The summed E-state index contributed by atoms with van der Waals surface area (Å²) < 4.78 is 0. The molecule has 2 rings (SSSR count). The van der Waals surface area contributed by atoms with Crippen LogP contribution in [0.1, 0.15) is 11.1 Å². The average molecular weight is 261 g/mol. The first-order chi connectivity index (χ1) is 8.68. The van der Waals surface area contributed by atoms with E-state index in [9.17, 15) is 5.11 Å². The molecular formula is C14H13ClN2O. The van der Waals surface area contributed by atoms with E-state index >= 15 is 0 Å². The van der Waals surface area contributed by atoms with Gasteiger partial charge in [0.1, 0.15) is 5.75 Å². The highest BCUT2D eigenvalue weighted by atomic mass is 35.5. The summed E-state index contributed by atoms with van der Waals surface area (Å²) in [4.78, 5) is 0. The molecule has 18 heavy (non-hydrogen) atoms. The maximum absolute atomic E-state index is 9.87. The van der Waals surface area contributed by atoms with Crippen LogP contribution in [0, 0.1) is 6.92 Å². The van der Waals surface area contributed by atoms with E-state index < -0.39 is 0 Å². The maximum Gasteiger partial charge on any atom is 0.128 e. The summed E-state index contributed by atoms with van der Waals surface area (Å²) in [7, 11) is 0. The number of halogens is 1. The standard InChI is InChI=1S/C14H13ClN2O/c1-10-13(15)8-7-11(14(10)18)9-16-17-12-5-3-2-4-6-12/h2-9,17-18H,1H3. The van der Waals surface area contributed by atoms with E-state index in [1.165, 1.54) is 0 Å². The van der Waals surface area contributed by atoms with Gasteiger partial charge in [0.05, 0.1) is 11.9 Å². The lowest BCUT2D eigenvalue weighted by atomic mass is 10.1. The van der Waals surface area contributed by atoms with Crippen LogP contribution in [-0.4, -0.2) is 11.3 Å². The maximum atomic E-state index is 9.87. The van der Waals surface area contributed by atoms with Gasteiger partial charge in [-0.1, -0.05) is 29.8 Å². The Morgan fingerprint density at radius 2 is 1.89 bits per heavy atom. The van der Waals surface area contributed by atoms with Crippen molar-refractivity contribution in [2.75, 3.05) is 5.43 Å². The molecule has 0 bridgehead atoms. The largest absolute Gasteiger partial charge is 0.507 e. The van der Waals surface area contributed by atoms with Crippen LogP contribution in [0.4, 0.5) is 5.69 Å². The van der Waals surface area contributed by atoms with E-state index in [1.807, 2.05) is 30.3 Å². The van der Waals surface area contributed by atoms with Crippen LogP contribution in [0.5, 0.6) is 5.75 Å². The molecule has 2 N–H and O–H groups in total. The number of hydrazone groups is 1. The molecular weight excluding hydrogens is 248 g/mol. The van der Waals surface area contributed by atoms with Gasteiger partial charge in [0, 0.05) is 16.1 Å². The van der Waals surface area contributed by atoms with Crippen molar-refractivity contribution in [3.8, 4) is 5.75 Å². The summed E-state index contributed by atoms with van der Waals surface area (Å²) in [6.45, 7) is 1.76. The Morgan fingerprint density at radius 3 is 2.61 bits per heavy atom. The number of para-hydroxylation sites is 1. The van der Waals surface area contributed by atoms with E-state index in [-0.39, 0.29) is 5.75 Å². The Kier molecular flexibility index (Phi) is 3.85. The van der Waals surface area contributed by atoms with Gasteiger partial charge in [-0.05, 0) is 31.2 Å². The lowest BCUT2D eigenvalue weighted by Crippen LogP contribution is -1.91. The molecule has 0 fully saturated rings. The molecule has 4 heteroatoms. The smallest absolute Gasteiger partial charge is 0.128 e. The molecule has 92 valence electrons. The van der Waals surface area contributed by atoms with Crippen LogP contribution in [-0.2, 0) is 0 Å². The third-order valence-corrected chi connectivity index (χ3v) is 2.98. The predicted octanol–water partition coefficient (Wildman–Crippen LogP) is 3.80. The van der Waals surface area contributed by atoms with Crippen LogP contribution in [0.15, 0.2) is 47.6 Å². The van der Waals surface area contributed by atoms with Gasteiger partial charge in [0.15, 0.2) is 0 Å². The molecule has 0 aromatic heterocycles. The number of nitrogens with one attached hydrogen (secondary N) is 1. The molecule has 0 saturated carbocycles.